The van der Waals surface area contributed by atoms with Crippen LogP contribution in [-0.2, 0) is 165 Å². The van der Waals surface area contributed by atoms with Gasteiger partial charge in [0.15, 0.2) is 0 Å². The number of ether oxygens (including phenoxy) is 2. The van der Waals surface area contributed by atoms with E-state index in [1.807, 2.05) is 48.5 Å². The molecule has 1 amide bonds. The number of carbonyl (C=O) groups is 5. The summed E-state index contributed by atoms with van der Waals surface area (Å²) in [6.07, 6.45) is -3.45. The van der Waals surface area contributed by atoms with E-state index in [1.165, 1.54) is 0 Å². The van der Waals surface area contributed by atoms with E-state index in [0.29, 0.717) is 0 Å². The standard InChI is InChI=1S/C39H45NO34/c1-47-53-57-61-65-69-73-71-67-63-59-55-51-25-39(24-50-38(46)40-19-18-36(43)44,26-52-56-60-64-68-72-74-70-66-62-58-54-48-2)22-29(41)16-17-35(42)28(20-27-10-4-3-5-11-27)21-37(45)49-23-34-32-14-8-6-12-30(32)31-13-7-9-15-33(31)34/h3-15,28,34H,16-26H2,1-2H3,(H,40,46)(H,43,44). The lowest BCUT2D eigenvalue weighted by molar-refractivity contribution is -0.870. The molecule has 4 rings (SSSR count). The van der Waals surface area contributed by atoms with Gasteiger partial charge in [0.05, 0.1) is 45.7 Å². The monoisotopic (exact) mass is 1070 g/mol. The number of aliphatic carboxylic acids is 1. The summed E-state index contributed by atoms with van der Waals surface area (Å²) in [4.78, 5) is 82.7. The fourth-order valence-corrected chi connectivity index (χ4v) is 6.46. The first kappa shape index (κ1) is 60.7. The summed E-state index contributed by atoms with van der Waals surface area (Å²) in [6.45, 7) is -2.95. The normalized spacial score (nSPS) is 12.5. The number of nitrogens with one attached hydrogen (secondary N) is 1. The number of hydrogen-bond acceptors (Lipinski definition) is 33. The number of carbonyl (C=O) groups excluding carboxylic acids is 4. The van der Waals surface area contributed by atoms with Gasteiger partial charge in [0.2, 0.25) is 0 Å². The summed E-state index contributed by atoms with van der Waals surface area (Å²) in [7, 11) is 2.11. The molecule has 0 spiro atoms. The number of benzene rings is 3. The Bertz CT molecular complexity index is 1990. The number of rotatable bonds is 45. The number of Topliss-reactive ketones (excluding diaryl/α,β-unsaturated/α-hetero) is 2. The first-order valence-corrected chi connectivity index (χ1v) is 20.7. The van der Waals surface area contributed by atoms with Gasteiger partial charge < -0.3 is 19.9 Å². The Morgan fingerprint density at radius 3 is 1.49 bits per heavy atom. The second-order valence-electron chi connectivity index (χ2n) is 14.2. The van der Waals surface area contributed by atoms with Crippen LogP contribution in [0.4, 0.5) is 4.79 Å². The third kappa shape index (κ3) is 24.5. The third-order valence-electron chi connectivity index (χ3n) is 9.43. The number of carboxylic acids is 1. The van der Waals surface area contributed by atoms with Crippen molar-refractivity contribution in [1.82, 2.24) is 5.32 Å². The van der Waals surface area contributed by atoms with Gasteiger partial charge in [-0.2, -0.15) is 0 Å². The second kappa shape index (κ2) is 37.0. The first-order valence-electron chi connectivity index (χ1n) is 20.7. The van der Waals surface area contributed by atoms with Gasteiger partial charge in [-0.25, -0.2) is 24.3 Å². The molecule has 0 heterocycles. The Kier molecular flexibility index (Phi) is 30.4. The zero-order valence-corrected chi connectivity index (χ0v) is 38.4. The molecule has 0 aromatic heterocycles. The molecule has 1 aliphatic rings. The van der Waals surface area contributed by atoms with Crippen LogP contribution in [0.3, 0.4) is 0 Å². The lowest BCUT2D eigenvalue weighted by Crippen LogP contribution is -2.41. The molecule has 0 radical (unpaired) electrons. The number of hydrogen-bond donors (Lipinski definition) is 2. The average Bonchev–Trinajstić information content (AvgIpc) is 3.72. The highest BCUT2D eigenvalue weighted by Crippen LogP contribution is 2.44. The molecule has 0 aliphatic heterocycles. The van der Waals surface area contributed by atoms with E-state index in [2.05, 4.69) is 126 Å². The van der Waals surface area contributed by atoms with Gasteiger partial charge in [-0.05, 0) is 145 Å². The summed E-state index contributed by atoms with van der Waals surface area (Å²) >= 11 is 0. The van der Waals surface area contributed by atoms with Crippen molar-refractivity contribution in [3.05, 3.63) is 95.6 Å². The van der Waals surface area contributed by atoms with Crippen LogP contribution in [0, 0.1) is 11.3 Å². The number of alkyl carbamates (subject to hydrolysis) is 1. The molecule has 3 aromatic rings. The highest BCUT2D eigenvalue weighted by Gasteiger charge is 2.38. The van der Waals surface area contributed by atoms with Gasteiger partial charge in [0.1, 0.15) is 24.8 Å². The molecule has 0 saturated heterocycles. The van der Waals surface area contributed by atoms with E-state index in [1.54, 1.807) is 30.3 Å². The van der Waals surface area contributed by atoms with Gasteiger partial charge >= 0.3 is 18.0 Å². The summed E-state index contributed by atoms with van der Waals surface area (Å²) in [6, 6.07) is 24.4. The maximum absolute atomic E-state index is 14.0. The minimum absolute atomic E-state index is 0.0154. The number of amides is 1. The van der Waals surface area contributed by atoms with Crippen molar-refractivity contribution < 1.29 is 169 Å². The van der Waals surface area contributed by atoms with E-state index in [0.717, 1.165) is 42.0 Å². The highest BCUT2D eigenvalue weighted by molar-refractivity contribution is 5.90. The predicted octanol–water partition coefficient (Wildman–Crippen LogP) is 3.74. The molecule has 74 heavy (non-hydrogen) atoms. The Hall–Kier alpha value is -5.83. The van der Waals surface area contributed by atoms with Crippen LogP contribution in [-0.4, -0.2) is 81.9 Å². The van der Waals surface area contributed by atoms with E-state index in [4.69, 9.17) is 24.4 Å². The van der Waals surface area contributed by atoms with Gasteiger partial charge in [-0.1, -0.05) is 78.9 Å². The quantitative estimate of drug-likeness (QED) is 0.0352. The molecular weight excluding hydrogens is 1030 g/mol. The highest BCUT2D eigenvalue weighted by atomic mass is 18.0. The predicted molar refractivity (Wildman–Crippen MR) is 211 cm³/mol. The van der Waals surface area contributed by atoms with Crippen molar-refractivity contribution in [2.24, 2.45) is 11.3 Å². The SMILES string of the molecule is COOOOOOOOOOOOOCC(COOOOOOOOOOOOOC)(COC(=O)NCCC(=O)O)CC(=O)CCC(=O)C(CC(=O)OCC1c2ccccc2-c2ccccc21)Cc1ccccc1. The van der Waals surface area contributed by atoms with Gasteiger partial charge in [0, 0.05) is 37.6 Å². The average molecular weight is 1070 g/mol. The van der Waals surface area contributed by atoms with Crippen LogP contribution in [0.1, 0.15) is 54.7 Å². The van der Waals surface area contributed by atoms with Crippen LogP contribution in [0.2, 0.25) is 0 Å². The van der Waals surface area contributed by atoms with Crippen molar-refractivity contribution >= 4 is 29.6 Å². The fourth-order valence-electron chi connectivity index (χ4n) is 6.46. The summed E-state index contributed by atoms with van der Waals surface area (Å²) in [5.74, 6) is -4.24. The minimum Gasteiger partial charge on any atom is -0.481 e. The molecule has 410 valence electrons. The second-order valence-corrected chi connectivity index (χ2v) is 14.2. The molecule has 1 aliphatic carbocycles. The van der Waals surface area contributed by atoms with Gasteiger partial charge in [-0.15, -0.1) is 0 Å². The molecule has 35 nitrogen and oxygen atoms in total. The molecule has 2 N–H and O–H groups in total. The smallest absolute Gasteiger partial charge is 0.407 e. The van der Waals surface area contributed by atoms with E-state index >= 15 is 0 Å². The van der Waals surface area contributed by atoms with Crippen LogP contribution >= 0.6 is 0 Å². The lowest BCUT2D eigenvalue weighted by atomic mass is 9.83. The molecule has 35 heteroatoms. The minimum atomic E-state index is -1.93. The summed E-state index contributed by atoms with van der Waals surface area (Å²) < 4.78 is 11.0. The summed E-state index contributed by atoms with van der Waals surface area (Å²) in [5, 5.41) is 96.1. The Labute approximate surface area is 413 Å². The largest absolute Gasteiger partial charge is 0.481 e. The Morgan fingerprint density at radius 1 is 0.541 bits per heavy atom. The van der Waals surface area contributed by atoms with Crippen LogP contribution in [0.15, 0.2) is 78.9 Å². The topological polar surface area (TPSA) is 376 Å². The van der Waals surface area contributed by atoms with Crippen molar-refractivity contribution in [2.45, 2.75) is 44.4 Å². The van der Waals surface area contributed by atoms with Crippen LogP contribution < -0.4 is 5.32 Å². The van der Waals surface area contributed by atoms with Crippen molar-refractivity contribution in [3.63, 3.8) is 0 Å². The Morgan fingerprint density at radius 2 is 1.00 bits per heavy atom. The first-order chi connectivity index (χ1) is 36.1. The van der Waals surface area contributed by atoms with E-state index in [-0.39, 0.29) is 31.9 Å². The molecular formula is C39H45NO34. The van der Waals surface area contributed by atoms with Crippen LogP contribution in [0.5, 0.6) is 0 Å². The third-order valence-corrected chi connectivity index (χ3v) is 9.43. The maximum Gasteiger partial charge on any atom is 0.407 e. The molecule has 1 unspecified atom stereocenters. The van der Waals surface area contributed by atoms with Gasteiger partial charge in [0.25, 0.3) is 0 Å². The molecule has 0 fully saturated rings. The molecule has 3 aromatic carbocycles. The zero-order valence-electron chi connectivity index (χ0n) is 38.4. The summed E-state index contributed by atoms with van der Waals surface area (Å²) in [5.41, 5.74) is 2.85. The number of ketones is 2. The molecule has 1 atom stereocenters. The molecule has 0 saturated carbocycles. The Balaban J connectivity index is 1.39. The van der Waals surface area contributed by atoms with Crippen molar-refractivity contribution in [2.75, 3.05) is 47.2 Å². The van der Waals surface area contributed by atoms with Gasteiger partial charge in [-0.3, -0.25) is 19.2 Å². The van der Waals surface area contributed by atoms with Crippen LogP contribution in [0.25, 0.3) is 11.1 Å². The lowest BCUT2D eigenvalue weighted by Gasteiger charge is -2.30. The zero-order chi connectivity index (χ0) is 52.9. The van der Waals surface area contributed by atoms with E-state index in [9.17, 15) is 24.0 Å². The number of fused-ring (bicyclic) bond motifs is 3. The van der Waals surface area contributed by atoms with Crippen molar-refractivity contribution in [1.29, 1.82) is 0 Å². The number of carboxylic acid groups (broad SMARTS) is 1. The number of esters is 1. The fraction of sp³-hybridized carbons (Fsp3) is 0.410. The van der Waals surface area contributed by atoms with Crippen molar-refractivity contribution in [3.8, 4) is 11.1 Å². The van der Waals surface area contributed by atoms with E-state index < -0.39 is 86.4 Å². The maximum atomic E-state index is 14.0. The molecule has 0 bridgehead atoms.